The van der Waals surface area contributed by atoms with Gasteiger partial charge in [0.2, 0.25) is 0 Å². The van der Waals surface area contributed by atoms with Crippen LogP contribution in [-0.2, 0) is 4.74 Å². The zero-order valence-electron chi connectivity index (χ0n) is 10.1. The van der Waals surface area contributed by atoms with Crippen molar-refractivity contribution in [1.82, 2.24) is 5.32 Å². The van der Waals surface area contributed by atoms with Gasteiger partial charge in [0.25, 0.3) is 0 Å². The quantitative estimate of drug-likeness (QED) is 0.687. The minimum atomic E-state index is 0.355. The molecule has 1 fully saturated rings. The summed E-state index contributed by atoms with van der Waals surface area (Å²) in [6.45, 7) is 10.7. The smallest absolute Gasteiger partial charge is 0.0594 e. The maximum absolute atomic E-state index is 5.51. The van der Waals surface area contributed by atoms with Crippen LogP contribution in [0.1, 0.15) is 47.0 Å². The Bertz CT molecular complexity index is 166. The van der Waals surface area contributed by atoms with Gasteiger partial charge in [-0.25, -0.2) is 0 Å². The Morgan fingerprint density at radius 3 is 2.64 bits per heavy atom. The molecular formula is C12H25NO. The van der Waals surface area contributed by atoms with Crippen molar-refractivity contribution in [2.24, 2.45) is 5.41 Å². The molecule has 14 heavy (non-hydrogen) atoms. The molecule has 0 heterocycles. The highest BCUT2D eigenvalue weighted by atomic mass is 16.5. The lowest BCUT2D eigenvalue weighted by molar-refractivity contribution is 0.0770. The van der Waals surface area contributed by atoms with E-state index in [4.69, 9.17) is 4.74 Å². The van der Waals surface area contributed by atoms with E-state index in [-0.39, 0.29) is 0 Å². The van der Waals surface area contributed by atoms with E-state index < -0.39 is 0 Å². The topological polar surface area (TPSA) is 21.3 Å². The van der Waals surface area contributed by atoms with Gasteiger partial charge in [-0.15, -0.1) is 0 Å². The second-order valence-corrected chi connectivity index (χ2v) is 5.31. The number of rotatable bonds is 5. The first-order valence-corrected chi connectivity index (χ1v) is 5.87. The van der Waals surface area contributed by atoms with E-state index in [1.165, 1.54) is 19.3 Å². The highest BCUT2D eigenvalue weighted by molar-refractivity contribution is 4.89. The fraction of sp³-hybridized carbons (Fsp3) is 1.00. The van der Waals surface area contributed by atoms with Gasteiger partial charge >= 0.3 is 0 Å². The number of hydrogen-bond donors (Lipinski definition) is 1. The molecule has 2 nitrogen and oxygen atoms in total. The van der Waals surface area contributed by atoms with Gasteiger partial charge in [-0.2, -0.15) is 0 Å². The SMILES string of the molecule is CC(C)OCCNC1CCCC1(C)C. The van der Waals surface area contributed by atoms with Gasteiger partial charge in [-0.3, -0.25) is 0 Å². The van der Waals surface area contributed by atoms with E-state index in [1.807, 2.05) is 0 Å². The molecule has 1 rings (SSSR count). The van der Waals surface area contributed by atoms with E-state index in [2.05, 4.69) is 33.0 Å². The number of hydrogen-bond acceptors (Lipinski definition) is 2. The van der Waals surface area contributed by atoms with Gasteiger partial charge < -0.3 is 10.1 Å². The van der Waals surface area contributed by atoms with Crippen LogP contribution in [0.15, 0.2) is 0 Å². The summed E-state index contributed by atoms with van der Waals surface area (Å²) in [6, 6.07) is 0.693. The summed E-state index contributed by atoms with van der Waals surface area (Å²) in [7, 11) is 0. The van der Waals surface area contributed by atoms with Crippen LogP contribution >= 0.6 is 0 Å². The Labute approximate surface area is 88.4 Å². The molecule has 0 saturated heterocycles. The van der Waals surface area contributed by atoms with Gasteiger partial charge in [0.15, 0.2) is 0 Å². The molecule has 84 valence electrons. The molecule has 0 spiro atoms. The zero-order valence-corrected chi connectivity index (χ0v) is 10.1. The Kier molecular flexibility index (Phi) is 4.39. The minimum absolute atomic E-state index is 0.355. The maximum atomic E-state index is 5.51. The van der Waals surface area contributed by atoms with Gasteiger partial charge in [-0.1, -0.05) is 20.3 Å². The van der Waals surface area contributed by atoms with Crippen molar-refractivity contribution in [3.63, 3.8) is 0 Å². The van der Waals surface area contributed by atoms with Crippen molar-refractivity contribution in [1.29, 1.82) is 0 Å². The molecule has 0 aromatic carbocycles. The summed E-state index contributed by atoms with van der Waals surface area (Å²) < 4.78 is 5.51. The van der Waals surface area contributed by atoms with Gasteiger partial charge in [0, 0.05) is 12.6 Å². The molecular weight excluding hydrogens is 174 g/mol. The molecule has 1 aliphatic rings. The molecule has 1 atom stereocenters. The third-order valence-electron chi connectivity index (χ3n) is 3.20. The first-order valence-electron chi connectivity index (χ1n) is 5.87. The molecule has 1 saturated carbocycles. The van der Waals surface area contributed by atoms with Crippen LogP contribution in [0.4, 0.5) is 0 Å². The third-order valence-corrected chi connectivity index (χ3v) is 3.20. The Morgan fingerprint density at radius 2 is 2.14 bits per heavy atom. The Balaban J connectivity index is 2.12. The molecule has 2 heteroatoms. The lowest BCUT2D eigenvalue weighted by Gasteiger charge is -2.28. The van der Waals surface area contributed by atoms with Crippen molar-refractivity contribution in [3.05, 3.63) is 0 Å². The van der Waals surface area contributed by atoms with Crippen LogP contribution in [-0.4, -0.2) is 25.3 Å². The first kappa shape index (κ1) is 12.0. The van der Waals surface area contributed by atoms with Crippen LogP contribution in [0.3, 0.4) is 0 Å². The summed E-state index contributed by atoms with van der Waals surface area (Å²) in [5.41, 5.74) is 0.484. The largest absolute Gasteiger partial charge is 0.377 e. The van der Waals surface area contributed by atoms with Gasteiger partial charge in [0.05, 0.1) is 12.7 Å². The fourth-order valence-electron chi connectivity index (χ4n) is 2.23. The van der Waals surface area contributed by atoms with Crippen molar-refractivity contribution in [3.8, 4) is 0 Å². The van der Waals surface area contributed by atoms with E-state index in [9.17, 15) is 0 Å². The predicted molar refractivity (Wildman–Crippen MR) is 60.5 cm³/mol. The molecule has 0 aromatic rings. The summed E-state index contributed by atoms with van der Waals surface area (Å²) in [5.74, 6) is 0. The van der Waals surface area contributed by atoms with Crippen LogP contribution in [0.25, 0.3) is 0 Å². The lowest BCUT2D eigenvalue weighted by Crippen LogP contribution is -2.39. The van der Waals surface area contributed by atoms with Crippen molar-refractivity contribution in [2.45, 2.75) is 59.1 Å². The molecule has 1 unspecified atom stereocenters. The molecule has 0 bridgehead atoms. The highest BCUT2D eigenvalue weighted by Gasteiger charge is 2.33. The summed E-state index contributed by atoms with van der Waals surface area (Å²) in [5, 5.41) is 3.60. The van der Waals surface area contributed by atoms with E-state index in [1.54, 1.807) is 0 Å². The van der Waals surface area contributed by atoms with Crippen LogP contribution < -0.4 is 5.32 Å². The monoisotopic (exact) mass is 199 g/mol. The van der Waals surface area contributed by atoms with Crippen molar-refractivity contribution >= 4 is 0 Å². The molecule has 1 N–H and O–H groups in total. The van der Waals surface area contributed by atoms with E-state index >= 15 is 0 Å². The Morgan fingerprint density at radius 1 is 1.43 bits per heavy atom. The van der Waals surface area contributed by atoms with Crippen molar-refractivity contribution in [2.75, 3.05) is 13.2 Å². The summed E-state index contributed by atoms with van der Waals surface area (Å²) in [6.07, 6.45) is 4.41. The van der Waals surface area contributed by atoms with Gasteiger partial charge in [-0.05, 0) is 32.1 Å². The van der Waals surface area contributed by atoms with Crippen LogP contribution in [0.2, 0.25) is 0 Å². The zero-order chi connectivity index (χ0) is 10.6. The lowest BCUT2D eigenvalue weighted by atomic mass is 9.87. The maximum Gasteiger partial charge on any atom is 0.0594 e. The van der Waals surface area contributed by atoms with Gasteiger partial charge in [0.1, 0.15) is 0 Å². The molecule has 1 aliphatic carbocycles. The standard InChI is InChI=1S/C12H25NO/c1-10(2)14-9-8-13-11-6-5-7-12(11,3)4/h10-11,13H,5-9H2,1-4H3. The van der Waals surface area contributed by atoms with E-state index in [0.717, 1.165) is 13.2 Å². The second kappa shape index (κ2) is 5.13. The minimum Gasteiger partial charge on any atom is -0.377 e. The average Bonchev–Trinajstić information content (AvgIpc) is 2.39. The van der Waals surface area contributed by atoms with Crippen LogP contribution in [0, 0.1) is 5.41 Å². The Hall–Kier alpha value is -0.0800. The molecule has 0 aromatic heterocycles. The normalized spacial score (nSPS) is 25.9. The third kappa shape index (κ3) is 3.58. The fourth-order valence-corrected chi connectivity index (χ4v) is 2.23. The number of ether oxygens (including phenoxy) is 1. The first-order chi connectivity index (χ1) is 6.52. The highest BCUT2D eigenvalue weighted by Crippen LogP contribution is 2.36. The number of nitrogens with one attached hydrogen (secondary N) is 1. The average molecular weight is 199 g/mol. The summed E-state index contributed by atoms with van der Waals surface area (Å²) >= 11 is 0. The summed E-state index contributed by atoms with van der Waals surface area (Å²) in [4.78, 5) is 0. The predicted octanol–water partition coefficient (Wildman–Crippen LogP) is 2.58. The molecule has 0 radical (unpaired) electrons. The van der Waals surface area contributed by atoms with E-state index in [0.29, 0.717) is 17.6 Å². The van der Waals surface area contributed by atoms with Crippen LogP contribution in [0.5, 0.6) is 0 Å². The molecule has 0 amide bonds. The molecule has 0 aliphatic heterocycles. The van der Waals surface area contributed by atoms with Crippen molar-refractivity contribution < 1.29 is 4.74 Å². The second-order valence-electron chi connectivity index (χ2n) is 5.31.